The molecule has 0 bridgehead atoms. The molecule has 4 heterocycles. The van der Waals surface area contributed by atoms with Crippen LogP contribution in [-0.2, 0) is 18.3 Å². The van der Waals surface area contributed by atoms with Gasteiger partial charge in [-0.2, -0.15) is 5.10 Å². The van der Waals surface area contributed by atoms with Crippen LogP contribution in [-0.4, -0.2) is 31.2 Å². The van der Waals surface area contributed by atoms with Gasteiger partial charge in [0.25, 0.3) is 5.89 Å². The van der Waals surface area contributed by atoms with Crippen LogP contribution in [0.15, 0.2) is 35.1 Å². The maximum absolute atomic E-state index is 5.93. The summed E-state index contributed by atoms with van der Waals surface area (Å²) in [4.78, 5) is 0. The highest BCUT2D eigenvalue weighted by atomic mass is 16.5. The van der Waals surface area contributed by atoms with Crippen molar-refractivity contribution in [3.63, 3.8) is 0 Å². The Hall–Kier alpha value is -2.41. The first-order valence-corrected chi connectivity index (χ1v) is 7.77. The number of nitrogens with zero attached hydrogens (tertiary/aromatic N) is 5. The summed E-state index contributed by atoms with van der Waals surface area (Å²) in [5, 5.41) is 12.7. The van der Waals surface area contributed by atoms with E-state index >= 15 is 0 Å². The second kappa shape index (κ2) is 5.66. The van der Waals surface area contributed by atoms with Crippen molar-refractivity contribution in [2.45, 2.75) is 26.0 Å². The minimum absolute atomic E-state index is 0.166. The summed E-state index contributed by atoms with van der Waals surface area (Å²) in [5.74, 6) is 1.38. The third kappa shape index (κ3) is 2.57. The maximum Gasteiger partial charge on any atom is 0.264 e. The second-order valence-electron chi connectivity index (χ2n) is 5.97. The maximum atomic E-state index is 5.93. The topological polar surface area (TPSA) is 70.9 Å². The quantitative estimate of drug-likeness (QED) is 0.739. The van der Waals surface area contributed by atoms with E-state index < -0.39 is 0 Å². The number of hydrogen-bond acceptors (Lipinski definition) is 5. The first-order chi connectivity index (χ1) is 11.2. The summed E-state index contributed by atoms with van der Waals surface area (Å²) >= 11 is 0. The van der Waals surface area contributed by atoms with E-state index in [0.29, 0.717) is 18.4 Å². The fourth-order valence-corrected chi connectivity index (χ4v) is 3.16. The highest BCUT2D eigenvalue weighted by Gasteiger charge is 2.34. The van der Waals surface area contributed by atoms with Crippen molar-refractivity contribution >= 4 is 0 Å². The van der Waals surface area contributed by atoms with Crippen molar-refractivity contribution in [3.05, 3.63) is 42.2 Å². The largest absolute Gasteiger partial charge is 0.416 e. The molecule has 3 aromatic rings. The van der Waals surface area contributed by atoms with Crippen molar-refractivity contribution in [1.29, 1.82) is 0 Å². The minimum Gasteiger partial charge on any atom is -0.416 e. The summed E-state index contributed by atoms with van der Waals surface area (Å²) in [6.07, 6.45) is 6.53. The van der Waals surface area contributed by atoms with Crippen molar-refractivity contribution in [2.75, 3.05) is 6.61 Å². The zero-order valence-electron chi connectivity index (χ0n) is 13.2. The lowest BCUT2D eigenvalue weighted by Crippen LogP contribution is -2.15. The van der Waals surface area contributed by atoms with Crippen LogP contribution in [0.25, 0.3) is 11.6 Å². The first kappa shape index (κ1) is 14.2. The Bertz CT molecular complexity index is 770. The predicted molar refractivity (Wildman–Crippen MR) is 82.5 cm³/mol. The average Bonchev–Trinajstić information content (AvgIpc) is 3.28. The molecule has 7 heteroatoms. The van der Waals surface area contributed by atoms with Crippen molar-refractivity contribution in [2.24, 2.45) is 13.0 Å². The van der Waals surface area contributed by atoms with E-state index in [1.807, 2.05) is 47.7 Å². The second-order valence-corrected chi connectivity index (χ2v) is 5.97. The molecule has 3 aromatic heterocycles. The van der Waals surface area contributed by atoms with Crippen LogP contribution in [0.3, 0.4) is 0 Å². The van der Waals surface area contributed by atoms with Gasteiger partial charge < -0.3 is 13.7 Å². The first-order valence-electron chi connectivity index (χ1n) is 7.77. The van der Waals surface area contributed by atoms with E-state index in [0.717, 1.165) is 24.2 Å². The number of rotatable bonds is 4. The Morgan fingerprint density at radius 1 is 1.30 bits per heavy atom. The molecule has 7 nitrogen and oxygen atoms in total. The van der Waals surface area contributed by atoms with Gasteiger partial charge in [0.2, 0.25) is 5.89 Å². The lowest BCUT2D eigenvalue weighted by Gasteiger charge is -2.14. The zero-order chi connectivity index (χ0) is 15.8. The van der Waals surface area contributed by atoms with Gasteiger partial charge in [0.05, 0.1) is 0 Å². The molecule has 1 aliphatic rings. The third-order valence-electron chi connectivity index (χ3n) is 4.36. The Morgan fingerprint density at radius 3 is 2.96 bits per heavy atom. The molecular formula is C16H19N5O2. The van der Waals surface area contributed by atoms with Gasteiger partial charge in [-0.1, -0.05) is 0 Å². The molecule has 1 saturated heterocycles. The van der Waals surface area contributed by atoms with Crippen LogP contribution >= 0.6 is 0 Å². The molecular weight excluding hydrogens is 294 g/mol. The Balaban J connectivity index is 1.58. The molecule has 0 aliphatic carbocycles. The van der Waals surface area contributed by atoms with Crippen LogP contribution < -0.4 is 0 Å². The summed E-state index contributed by atoms with van der Waals surface area (Å²) in [6, 6.07) is 3.96. The summed E-state index contributed by atoms with van der Waals surface area (Å²) in [5.41, 5.74) is 2.06. The van der Waals surface area contributed by atoms with E-state index in [1.54, 1.807) is 6.20 Å². The molecule has 23 heavy (non-hydrogen) atoms. The molecule has 1 fully saturated rings. The van der Waals surface area contributed by atoms with Crippen LogP contribution in [0.5, 0.6) is 0 Å². The van der Waals surface area contributed by atoms with Crippen molar-refractivity contribution in [1.82, 2.24) is 24.5 Å². The van der Waals surface area contributed by atoms with Crippen molar-refractivity contribution in [3.8, 4) is 11.6 Å². The molecule has 1 aliphatic heterocycles. The van der Waals surface area contributed by atoms with E-state index in [9.17, 15) is 0 Å². The fraction of sp³-hybridized carbons (Fsp3) is 0.438. The van der Waals surface area contributed by atoms with Gasteiger partial charge in [-0.15, -0.1) is 10.2 Å². The Morgan fingerprint density at radius 2 is 2.22 bits per heavy atom. The smallest absolute Gasteiger partial charge is 0.264 e. The lowest BCUT2D eigenvalue weighted by atomic mass is 10.0. The number of hydrogen-bond donors (Lipinski definition) is 0. The molecule has 2 atom stereocenters. The minimum atomic E-state index is -0.166. The summed E-state index contributed by atoms with van der Waals surface area (Å²) in [6.45, 7) is 3.53. The van der Waals surface area contributed by atoms with Gasteiger partial charge in [-0.25, -0.2) is 0 Å². The zero-order valence-corrected chi connectivity index (χ0v) is 13.2. The summed E-state index contributed by atoms with van der Waals surface area (Å²) in [7, 11) is 1.97. The van der Waals surface area contributed by atoms with Gasteiger partial charge in [0.15, 0.2) is 0 Å². The fourth-order valence-electron chi connectivity index (χ4n) is 3.16. The standard InChI is InChI=1S/C16H19N5O2/c1-11-4-8-20(2)13(11)15-18-19-16(23-15)14-12(5-9-22-14)10-21-7-3-6-17-21/h3-4,6-8,12,14H,5,9-10H2,1-2H3/t12-,14-/m0/s1. The third-order valence-corrected chi connectivity index (χ3v) is 4.36. The van der Waals surface area contributed by atoms with E-state index in [4.69, 9.17) is 9.15 Å². The van der Waals surface area contributed by atoms with Gasteiger partial charge >= 0.3 is 0 Å². The van der Waals surface area contributed by atoms with Crippen LogP contribution in [0.4, 0.5) is 0 Å². The van der Waals surface area contributed by atoms with Crippen molar-refractivity contribution < 1.29 is 9.15 Å². The van der Waals surface area contributed by atoms with E-state index in [2.05, 4.69) is 15.3 Å². The average molecular weight is 313 g/mol. The molecule has 0 N–H and O–H groups in total. The Kier molecular flexibility index (Phi) is 3.49. The van der Waals surface area contributed by atoms with Crippen LogP contribution in [0.1, 0.15) is 24.0 Å². The predicted octanol–water partition coefficient (Wildman–Crippen LogP) is 2.36. The monoisotopic (exact) mass is 313 g/mol. The van der Waals surface area contributed by atoms with Gasteiger partial charge in [-0.05, 0) is 31.0 Å². The normalized spacial score (nSPS) is 21.1. The molecule has 0 spiro atoms. The van der Waals surface area contributed by atoms with E-state index in [-0.39, 0.29) is 12.0 Å². The molecule has 120 valence electrons. The van der Waals surface area contributed by atoms with Gasteiger partial charge in [0.1, 0.15) is 11.8 Å². The molecule has 0 saturated carbocycles. The molecule has 0 amide bonds. The highest BCUT2D eigenvalue weighted by Crippen LogP contribution is 2.36. The molecule has 4 rings (SSSR count). The van der Waals surface area contributed by atoms with Crippen LogP contribution in [0, 0.1) is 12.8 Å². The molecule has 0 radical (unpaired) electrons. The van der Waals surface area contributed by atoms with Gasteiger partial charge in [0, 0.05) is 44.7 Å². The molecule has 0 unspecified atom stereocenters. The number of aryl methyl sites for hydroxylation is 2. The van der Waals surface area contributed by atoms with Gasteiger partial charge in [-0.3, -0.25) is 4.68 Å². The molecule has 0 aromatic carbocycles. The SMILES string of the molecule is Cc1ccn(C)c1-c1nnc([C@H]2OCC[C@H]2Cn2cccn2)o1. The lowest BCUT2D eigenvalue weighted by molar-refractivity contribution is 0.0633. The summed E-state index contributed by atoms with van der Waals surface area (Å²) < 4.78 is 15.7. The van der Waals surface area contributed by atoms with Crippen LogP contribution in [0.2, 0.25) is 0 Å². The van der Waals surface area contributed by atoms with E-state index in [1.165, 1.54) is 0 Å². The highest BCUT2D eigenvalue weighted by molar-refractivity contribution is 5.53. The number of ether oxygens (including phenoxy) is 1. The Labute approximate surface area is 133 Å². The number of aromatic nitrogens is 5.